The van der Waals surface area contributed by atoms with Crippen molar-refractivity contribution in [3.8, 4) is 11.5 Å². The first-order chi connectivity index (χ1) is 9.97. The Labute approximate surface area is 121 Å². The number of carbonyl (C=O) groups is 2. The summed E-state index contributed by atoms with van der Waals surface area (Å²) in [6.45, 7) is 1.79. The fourth-order valence-corrected chi connectivity index (χ4v) is 1.69. The fraction of sp³-hybridized carbons (Fsp3) is 0.0667. The van der Waals surface area contributed by atoms with Crippen molar-refractivity contribution in [3.63, 3.8) is 0 Å². The average molecular weight is 286 g/mol. The molecule has 0 fully saturated rings. The third-order valence-corrected chi connectivity index (χ3v) is 2.76. The number of rotatable bonds is 2. The van der Waals surface area contributed by atoms with E-state index in [0.717, 1.165) is 5.56 Å². The lowest BCUT2D eigenvalue weighted by atomic mass is 10.2. The highest BCUT2D eigenvalue weighted by Crippen LogP contribution is 2.24. The monoisotopic (exact) mass is 286 g/mol. The van der Waals surface area contributed by atoms with Gasteiger partial charge in [-0.3, -0.25) is 9.59 Å². The Hall–Kier alpha value is -3.02. The number of hydrogen-bond donors (Lipinski definition) is 4. The largest absolute Gasteiger partial charge is 0.506 e. The Morgan fingerprint density at radius 3 is 2.10 bits per heavy atom. The smallest absolute Gasteiger partial charge is 0.314 e. The predicted octanol–water partition coefficient (Wildman–Crippen LogP) is 1.98. The van der Waals surface area contributed by atoms with Gasteiger partial charge in [0.15, 0.2) is 0 Å². The molecule has 0 aliphatic rings. The van der Waals surface area contributed by atoms with Crippen LogP contribution in [0.25, 0.3) is 0 Å². The number of hydrogen-bond acceptors (Lipinski definition) is 4. The van der Waals surface area contributed by atoms with Crippen LogP contribution in [0.3, 0.4) is 0 Å². The third-order valence-electron chi connectivity index (χ3n) is 2.76. The Kier molecular flexibility index (Phi) is 4.08. The van der Waals surface area contributed by atoms with Crippen LogP contribution in [-0.4, -0.2) is 22.0 Å². The number of anilines is 2. The summed E-state index contributed by atoms with van der Waals surface area (Å²) in [5.41, 5.74) is 1.10. The van der Waals surface area contributed by atoms with E-state index in [1.165, 1.54) is 18.2 Å². The summed E-state index contributed by atoms with van der Waals surface area (Å²) in [6, 6.07) is 10.7. The van der Waals surface area contributed by atoms with Gasteiger partial charge in [-0.1, -0.05) is 18.2 Å². The van der Waals surface area contributed by atoms with E-state index in [2.05, 4.69) is 10.6 Å². The number of phenolic OH excluding ortho intramolecular Hbond substituents is 2. The molecule has 6 nitrogen and oxygen atoms in total. The van der Waals surface area contributed by atoms with Crippen molar-refractivity contribution in [1.82, 2.24) is 0 Å². The molecule has 0 heterocycles. The molecule has 2 aromatic rings. The molecule has 21 heavy (non-hydrogen) atoms. The lowest BCUT2D eigenvalue weighted by Crippen LogP contribution is -2.29. The molecule has 0 saturated carbocycles. The first kappa shape index (κ1) is 14.4. The molecule has 0 bridgehead atoms. The molecule has 2 aromatic carbocycles. The van der Waals surface area contributed by atoms with Crippen LogP contribution in [0.15, 0.2) is 42.5 Å². The molecule has 108 valence electrons. The number of nitrogens with one attached hydrogen (secondary N) is 2. The summed E-state index contributed by atoms with van der Waals surface area (Å²) in [6.07, 6.45) is 0. The number of amides is 2. The minimum atomic E-state index is -0.947. The molecular formula is C15H14N2O4. The first-order valence-corrected chi connectivity index (χ1v) is 6.17. The van der Waals surface area contributed by atoms with Gasteiger partial charge in [-0.05, 0) is 36.8 Å². The van der Waals surface area contributed by atoms with Gasteiger partial charge in [0, 0.05) is 0 Å². The number of aryl methyl sites for hydroxylation is 1. The zero-order valence-corrected chi connectivity index (χ0v) is 11.3. The summed E-state index contributed by atoms with van der Waals surface area (Å²) < 4.78 is 0. The van der Waals surface area contributed by atoms with Crippen molar-refractivity contribution in [2.24, 2.45) is 0 Å². The molecule has 0 unspecified atom stereocenters. The van der Waals surface area contributed by atoms with Gasteiger partial charge in [0.2, 0.25) is 0 Å². The van der Waals surface area contributed by atoms with Crippen molar-refractivity contribution in [1.29, 1.82) is 0 Å². The molecule has 0 aromatic heterocycles. The lowest BCUT2D eigenvalue weighted by molar-refractivity contribution is -0.133. The highest BCUT2D eigenvalue weighted by Gasteiger charge is 2.16. The number of para-hydroxylation sites is 2. The maximum Gasteiger partial charge on any atom is 0.314 e. The highest BCUT2D eigenvalue weighted by molar-refractivity contribution is 6.43. The van der Waals surface area contributed by atoms with Gasteiger partial charge in [-0.25, -0.2) is 0 Å². The van der Waals surface area contributed by atoms with Gasteiger partial charge in [-0.2, -0.15) is 0 Å². The lowest BCUT2D eigenvalue weighted by Gasteiger charge is -2.09. The van der Waals surface area contributed by atoms with Crippen LogP contribution in [-0.2, 0) is 9.59 Å². The highest BCUT2D eigenvalue weighted by atomic mass is 16.3. The second kappa shape index (κ2) is 5.96. The zero-order valence-electron chi connectivity index (χ0n) is 11.3. The standard InChI is InChI=1S/C15H14N2O4/c1-9-6-7-13(19)11(8-9)17-15(21)14(20)16-10-4-2-3-5-12(10)18/h2-8,18-19H,1H3,(H,16,20)(H,17,21). The van der Waals surface area contributed by atoms with E-state index in [1.807, 2.05) is 0 Å². The van der Waals surface area contributed by atoms with Crippen molar-refractivity contribution in [3.05, 3.63) is 48.0 Å². The minimum absolute atomic E-state index is 0.131. The van der Waals surface area contributed by atoms with Gasteiger partial charge in [0.25, 0.3) is 0 Å². The Bertz CT molecular complexity index is 698. The van der Waals surface area contributed by atoms with Crippen molar-refractivity contribution in [2.75, 3.05) is 10.6 Å². The van der Waals surface area contributed by atoms with E-state index in [9.17, 15) is 19.8 Å². The van der Waals surface area contributed by atoms with Gasteiger partial charge in [-0.15, -0.1) is 0 Å². The molecule has 4 N–H and O–H groups in total. The number of phenols is 2. The maximum atomic E-state index is 11.8. The summed E-state index contributed by atoms with van der Waals surface area (Å²) in [5.74, 6) is -2.17. The van der Waals surface area contributed by atoms with Gasteiger partial charge in [0.05, 0.1) is 11.4 Å². The van der Waals surface area contributed by atoms with E-state index >= 15 is 0 Å². The molecule has 6 heteroatoms. The van der Waals surface area contributed by atoms with E-state index in [4.69, 9.17) is 0 Å². The minimum Gasteiger partial charge on any atom is -0.506 e. The summed E-state index contributed by atoms with van der Waals surface area (Å²) in [5, 5.41) is 23.7. The summed E-state index contributed by atoms with van der Waals surface area (Å²) >= 11 is 0. The topological polar surface area (TPSA) is 98.7 Å². The van der Waals surface area contributed by atoms with Crippen LogP contribution in [0, 0.1) is 6.92 Å². The van der Waals surface area contributed by atoms with Crippen LogP contribution in [0.4, 0.5) is 11.4 Å². The SMILES string of the molecule is Cc1ccc(O)c(NC(=O)C(=O)Nc2ccccc2O)c1. The zero-order chi connectivity index (χ0) is 15.4. The first-order valence-electron chi connectivity index (χ1n) is 6.17. The number of benzene rings is 2. The van der Waals surface area contributed by atoms with Crippen molar-refractivity contribution >= 4 is 23.2 Å². The van der Waals surface area contributed by atoms with E-state index in [-0.39, 0.29) is 22.9 Å². The maximum absolute atomic E-state index is 11.8. The Morgan fingerprint density at radius 2 is 1.43 bits per heavy atom. The third kappa shape index (κ3) is 3.50. The van der Waals surface area contributed by atoms with Gasteiger partial charge >= 0.3 is 11.8 Å². The molecule has 0 saturated heterocycles. The van der Waals surface area contributed by atoms with Crippen molar-refractivity contribution in [2.45, 2.75) is 6.92 Å². The summed E-state index contributed by atoms with van der Waals surface area (Å²) in [4.78, 5) is 23.5. The van der Waals surface area contributed by atoms with Gasteiger partial charge in [0.1, 0.15) is 11.5 Å². The molecule has 0 aliphatic carbocycles. The second-order valence-corrected chi connectivity index (χ2v) is 4.45. The number of aromatic hydroxyl groups is 2. The normalized spacial score (nSPS) is 9.95. The van der Waals surface area contributed by atoms with Crippen molar-refractivity contribution < 1.29 is 19.8 Å². The molecule has 0 aliphatic heterocycles. The van der Waals surface area contributed by atoms with E-state index in [0.29, 0.717) is 0 Å². The van der Waals surface area contributed by atoms with E-state index in [1.54, 1.807) is 31.2 Å². The van der Waals surface area contributed by atoms with E-state index < -0.39 is 11.8 Å². The van der Waals surface area contributed by atoms with Crippen LogP contribution >= 0.6 is 0 Å². The molecule has 0 atom stereocenters. The van der Waals surface area contributed by atoms with Crippen LogP contribution in [0.2, 0.25) is 0 Å². The molecule has 2 amide bonds. The van der Waals surface area contributed by atoms with Gasteiger partial charge < -0.3 is 20.8 Å². The van der Waals surface area contributed by atoms with Crippen LogP contribution < -0.4 is 10.6 Å². The Morgan fingerprint density at radius 1 is 0.857 bits per heavy atom. The second-order valence-electron chi connectivity index (χ2n) is 4.45. The number of carbonyl (C=O) groups excluding carboxylic acids is 2. The average Bonchev–Trinajstić information content (AvgIpc) is 2.45. The summed E-state index contributed by atoms with van der Waals surface area (Å²) in [7, 11) is 0. The molecule has 0 radical (unpaired) electrons. The predicted molar refractivity (Wildman–Crippen MR) is 78.2 cm³/mol. The van der Waals surface area contributed by atoms with Crippen LogP contribution in [0.5, 0.6) is 11.5 Å². The molecule has 2 rings (SSSR count). The molecule has 0 spiro atoms. The van der Waals surface area contributed by atoms with Crippen LogP contribution in [0.1, 0.15) is 5.56 Å². The quantitative estimate of drug-likeness (QED) is 0.501. The molecular weight excluding hydrogens is 272 g/mol. The Balaban J connectivity index is 2.08. The fourth-order valence-electron chi connectivity index (χ4n) is 1.69.